The van der Waals surface area contributed by atoms with E-state index in [0.717, 1.165) is 24.2 Å². The summed E-state index contributed by atoms with van der Waals surface area (Å²) in [6, 6.07) is 5.82. The van der Waals surface area contributed by atoms with Crippen molar-refractivity contribution in [3.05, 3.63) is 28.8 Å². The Hall–Kier alpha value is -1.22. The number of carbonyl (C=O) groups is 1. The lowest BCUT2D eigenvalue weighted by molar-refractivity contribution is -0.121. The second kappa shape index (κ2) is 10.5. The van der Waals surface area contributed by atoms with E-state index in [2.05, 4.69) is 19.2 Å². The van der Waals surface area contributed by atoms with Crippen LogP contribution >= 0.6 is 11.6 Å². The van der Waals surface area contributed by atoms with Gasteiger partial charge in [-0.2, -0.15) is 0 Å². The maximum absolute atomic E-state index is 11.8. The van der Waals surface area contributed by atoms with E-state index in [1.807, 2.05) is 25.1 Å². The molecule has 0 saturated heterocycles. The Balaban J connectivity index is 2.17. The van der Waals surface area contributed by atoms with Crippen molar-refractivity contribution in [1.82, 2.24) is 5.32 Å². The normalized spacial score (nSPS) is 12.0. The average molecular weight is 326 g/mol. The molecular formula is C18H28ClNO2. The number of rotatable bonds is 10. The van der Waals surface area contributed by atoms with Crippen LogP contribution in [0.4, 0.5) is 0 Å². The highest BCUT2D eigenvalue weighted by Gasteiger charge is 2.07. The molecule has 3 nitrogen and oxygen atoms in total. The minimum absolute atomic E-state index is 0.112. The Labute approximate surface area is 139 Å². The molecule has 1 N–H and O–H groups in total. The Morgan fingerprint density at radius 2 is 2.09 bits per heavy atom. The highest BCUT2D eigenvalue weighted by atomic mass is 35.5. The highest BCUT2D eigenvalue weighted by Crippen LogP contribution is 2.21. The lowest BCUT2D eigenvalue weighted by Crippen LogP contribution is -2.32. The van der Waals surface area contributed by atoms with Crippen molar-refractivity contribution in [1.29, 1.82) is 0 Å². The zero-order valence-corrected chi connectivity index (χ0v) is 14.7. The Bertz CT molecular complexity index is 462. The number of hydrogen-bond acceptors (Lipinski definition) is 2. The summed E-state index contributed by atoms with van der Waals surface area (Å²) in [7, 11) is 0. The van der Waals surface area contributed by atoms with Crippen LogP contribution in [0.15, 0.2) is 18.2 Å². The van der Waals surface area contributed by atoms with Crippen molar-refractivity contribution in [3.8, 4) is 5.75 Å². The van der Waals surface area contributed by atoms with Gasteiger partial charge in [0.15, 0.2) is 0 Å². The minimum atomic E-state index is 0.112. The smallest absolute Gasteiger partial charge is 0.220 e. The summed E-state index contributed by atoms with van der Waals surface area (Å²) in [5.74, 6) is 0.943. The third-order valence-corrected chi connectivity index (χ3v) is 3.83. The standard InChI is InChI=1S/C18H28ClNO2/c1-4-5-6-8-15(3)20-18(21)9-7-12-22-17-11-10-16(19)13-14(17)2/h10-11,13,15H,4-9,12H2,1-3H3,(H,20,21)/t15-/m0/s1. The van der Waals surface area contributed by atoms with Gasteiger partial charge in [0.05, 0.1) is 6.61 Å². The average Bonchev–Trinajstić information content (AvgIpc) is 2.45. The lowest BCUT2D eigenvalue weighted by atomic mass is 10.1. The SMILES string of the molecule is CCCCC[C@H](C)NC(=O)CCCOc1ccc(Cl)cc1C. The van der Waals surface area contributed by atoms with Gasteiger partial charge in [-0.15, -0.1) is 0 Å². The first kappa shape index (κ1) is 18.8. The van der Waals surface area contributed by atoms with Crippen LogP contribution in [0.2, 0.25) is 5.02 Å². The van der Waals surface area contributed by atoms with Crippen molar-refractivity contribution in [3.63, 3.8) is 0 Å². The van der Waals surface area contributed by atoms with Crippen LogP contribution < -0.4 is 10.1 Å². The molecule has 0 saturated carbocycles. The molecular weight excluding hydrogens is 298 g/mol. The van der Waals surface area contributed by atoms with Gasteiger partial charge < -0.3 is 10.1 Å². The number of nitrogens with one attached hydrogen (secondary N) is 1. The molecule has 0 aliphatic rings. The zero-order valence-electron chi connectivity index (χ0n) is 14.0. The molecule has 1 atom stereocenters. The van der Waals surface area contributed by atoms with Crippen molar-refractivity contribution in [2.75, 3.05) is 6.61 Å². The van der Waals surface area contributed by atoms with Crippen molar-refractivity contribution in [2.45, 2.75) is 65.3 Å². The van der Waals surface area contributed by atoms with Crippen LogP contribution in [0.25, 0.3) is 0 Å². The monoisotopic (exact) mass is 325 g/mol. The summed E-state index contributed by atoms with van der Waals surface area (Å²) in [5.41, 5.74) is 1.02. The molecule has 1 aromatic carbocycles. The number of hydrogen-bond donors (Lipinski definition) is 1. The van der Waals surface area contributed by atoms with Crippen LogP contribution in [-0.2, 0) is 4.79 Å². The molecule has 0 aromatic heterocycles. The molecule has 4 heteroatoms. The summed E-state index contributed by atoms with van der Waals surface area (Å²) < 4.78 is 5.69. The van der Waals surface area contributed by atoms with Crippen LogP contribution in [0.1, 0.15) is 57.9 Å². The molecule has 0 aliphatic carbocycles. The highest BCUT2D eigenvalue weighted by molar-refractivity contribution is 6.30. The third-order valence-electron chi connectivity index (χ3n) is 3.59. The Kier molecular flexibility index (Phi) is 8.98. The number of halogens is 1. The molecule has 124 valence electrons. The fourth-order valence-corrected chi connectivity index (χ4v) is 2.54. The quantitative estimate of drug-likeness (QED) is 0.622. The van der Waals surface area contributed by atoms with E-state index in [-0.39, 0.29) is 11.9 Å². The summed E-state index contributed by atoms with van der Waals surface area (Å²) in [5, 5.41) is 3.75. The molecule has 0 aliphatic heterocycles. The van der Waals surface area contributed by atoms with Crippen molar-refractivity contribution >= 4 is 17.5 Å². The van der Waals surface area contributed by atoms with Crippen molar-refractivity contribution < 1.29 is 9.53 Å². The number of amides is 1. The molecule has 0 bridgehead atoms. The first-order valence-electron chi connectivity index (χ1n) is 8.21. The predicted molar refractivity (Wildman–Crippen MR) is 92.7 cm³/mol. The number of benzene rings is 1. The van der Waals surface area contributed by atoms with Crippen LogP contribution in [0, 0.1) is 6.92 Å². The van der Waals surface area contributed by atoms with Gasteiger partial charge in [-0.25, -0.2) is 0 Å². The lowest BCUT2D eigenvalue weighted by Gasteiger charge is -2.14. The number of aryl methyl sites for hydroxylation is 1. The minimum Gasteiger partial charge on any atom is -0.493 e. The fourth-order valence-electron chi connectivity index (χ4n) is 2.31. The molecule has 1 aromatic rings. The van der Waals surface area contributed by atoms with E-state index in [1.54, 1.807) is 0 Å². The molecule has 0 fully saturated rings. The summed E-state index contributed by atoms with van der Waals surface area (Å²) in [4.78, 5) is 11.8. The van der Waals surface area contributed by atoms with Gasteiger partial charge in [-0.05, 0) is 50.5 Å². The first-order valence-corrected chi connectivity index (χ1v) is 8.59. The third kappa shape index (κ3) is 7.69. The van der Waals surface area contributed by atoms with Crippen LogP contribution in [0.3, 0.4) is 0 Å². The maximum Gasteiger partial charge on any atom is 0.220 e. The summed E-state index contributed by atoms with van der Waals surface area (Å²) in [6.45, 7) is 6.76. The van der Waals surface area contributed by atoms with E-state index >= 15 is 0 Å². The molecule has 0 unspecified atom stereocenters. The summed E-state index contributed by atoms with van der Waals surface area (Å²) >= 11 is 5.91. The molecule has 1 rings (SSSR count). The fraction of sp³-hybridized carbons (Fsp3) is 0.611. The molecule has 0 heterocycles. The van der Waals surface area contributed by atoms with E-state index in [4.69, 9.17) is 16.3 Å². The summed E-state index contributed by atoms with van der Waals surface area (Å²) in [6.07, 6.45) is 5.90. The van der Waals surface area contributed by atoms with Gasteiger partial charge in [0.2, 0.25) is 5.91 Å². The largest absolute Gasteiger partial charge is 0.493 e. The van der Waals surface area contributed by atoms with Crippen LogP contribution in [-0.4, -0.2) is 18.6 Å². The molecule has 0 radical (unpaired) electrons. The van der Waals surface area contributed by atoms with E-state index < -0.39 is 0 Å². The number of ether oxygens (including phenoxy) is 1. The Morgan fingerprint density at radius 3 is 2.77 bits per heavy atom. The molecule has 22 heavy (non-hydrogen) atoms. The van der Waals surface area contributed by atoms with Gasteiger partial charge in [0, 0.05) is 17.5 Å². The molecule has 0 spiro atoms. The maximum atomic E-state index is 11.8. The van der Waals surface area contributed by atoms with Gasteiger partial charge in [-0.3, -0.25) is 4.79 Å². The second-order valence-electron chi connectivity index (χ2n) is 5.83. The van der Waals surface area contributed by atoms with Gasteiger partial charge >= 0.3 is 0 Å². The van der Waals surface area contributed by atoms with E-state index in [1.165, 1.54) is 19.3 Å². The second-order valence-corrected chi connectivity index (χ2v) is 6.26. The van der Waals surface area contributed by atoms with E-state index in [0.29, 0.717) is 18.1 Å². The predicted octanol–water partition coefficient (Wildman–Crippen LogP) is 4.89. The van der Waals surface area contributed by atoms with Gasteiger partial charge in [0.1, 0.15) is 5.75 Å². The molecule has 1 amide bonds. The topological polar surface area (TPSA) is 38.3 Å². The van der Waals surface area contributed by atoms with Crippen LogP contribution in [0.5, 0.6) is 5.75 Å². The number of unbranched alkanes of at least 4 members (excludes halogenated alkanes) is 2. The Morgan fingerprint density at radius 1 is 1.32 bits per heavy atom. The van der Waals surface area contributed by atoms with Crippen molar-refractivity contribution in [2.24, 2.45) is 0 Å². The van der Waals surface area contributed by atoms with Gasteiger partial charge in [-0.1, -0.05) is 37.8 Å². The zero-order chi connectivity index (χ0) is 16.4. The van der Waals surface area contributed by atoms with E-state index in [9.17, 15) is 4.79 Å². The number of carbonyl (C=O) groups excluding carboxylic acids is 1. The first-order chi connectivity index (χ1) is 10.5. The van der Waals surface area contributed by atoms with Gasteiger partial charge in [0.25, 0.3) is 0 Å².